The van der Waals surface area contributed by atoms with Crippen LogP contribution < -0.4 is 5.73 Å². The molecule has 5 heteroatoms. The Morgan fingerprint density at radius 1 is 1.44 bits per heavy atom. The number of piperidine rings is 1. The predicted octanol–water partition coefficient (Wildman–Crippen LogP) is 1.63. The van der Waals surface area contributed by atoms with Crippen LogP contribution in [0.15, 0.2) is 16.9 Å². The summed E-state index contributed by atoms with van der Waals surface area (Å²) in [4.78, 5) is 6.63. The summed E-state index contributed by atoms with van der Waals surface area (Å²) in [6.07, 6.45) is 5.68. The Hall–Kier alpha value is -1.46. The molecule has 1 aliphatic rings. The number of aromatic nitrogens is 2. The molecule has 3 heterocycles. The molecule has 1 aliphatic heterocycles. The molecule has 1 saturated heterocycles. The normalized spacial score (nSPS) is 25.7. The predicted molar refractivity (Wildman–Crippen MR) is 69.1 cm³/mol. The quantitative estimate of drug-likeness (QED) is 0.828. The van der Waals surface area contributed by atoms with Crippen molar-refractivity contribution in [3.8, 4) is 0 Å². The highest BCUT2D eigenvalue weighted by Gasteiger charge is 2.28. The van der Waals surface area contributed by atoms with Gasteiger partial charge in [0.05, 0.1) is 11.1 Å². The molecule has 5 nitrogen and oxygen atoms in total. The van der Waals surface area contributed by atoms with Gasteiger partial charge in [-0.3, -0.25) is 9.88 Å². The van der Waals surface area contributed by atoms with Gasteiger partial charge >= 0.3 is 0 Å². The first kappa shape index (κ1) is 11.6. The molecule has 2 N–H and O–H groups in total. The molecule has 0 aliphatic carbocycles. The molecule has 2 unspecified atom stereocenters. The number of nitrogens with zero attached hydrogens (tertiary/aromatic N) is 3. The summed E-state index contributed by atoms with van der Waals surface area (Å²) in [5.74, 6) is 0. The maximum Gasteiger partial charge on any atom is 0.175 e. The molecular weight excluding hydrogens is 228 g/mol. The fourth-order valence-electron chi connectivity index (χ4n) is 2.70. The van der Waals surface area contributed by atoms with Gasteiger partial charge in [0.25, 0.3) is 0 Å². The van der Waals surface area contributed by atoms with E-state index in [1.54, 1.807) is 0 Å². The van der Waals surface area contributed by atoms with Crippen LogP contribution in [0.5, 0.6) is 0 Å². The van der Waals surface area contributed by atoms with Crippen molar-refractivity contribution in [2.45, 2.75) is 31.8 Å². The van der Waals surface area contributed by atoms with Gasteiger partial charge in [-0.25, -0.2) is 0 Å². The fraction of sp³-hybridized carbons (Fsp3) is 0.538. The molecule has 0 radical (unpaired) electrons. The van der Waals surface area contributed by atoms with Crippen molar-refractivity contribution >= 4 is 11.0 Å². The Morgan fingerprint density at radius 3 is 3.11 bits per heavy atom. The van der Waals surface area contributed by atoms with Crippen molar-refractivity contribution < 1.29 is 4.52 Å². The van der Waals surface area contributed by atoms with Crippen LogP contribution in [-0.2, 0) is 0 Å². The second-order valence-corrected chi connectivity index (χ2v) is 5.15. The van der Waals surface area contributed by atoms with E-state index in [4.69, 9.17) is 10.3 Å². The van der Waals surface area contributed by atoms with Crippen LogP contribution in [0.25, 0.3) is 11.0 Å². The van der Waals surface area contributed by atoms with Crippen LogP contribution in [0.4, 0.5) is 0 Å². The number of fused-ring (bicyclic) bond motifs is 1. The van der Waals surface area contributed by atoms with Gasteiger partial charge in [-0.05, 0) is 33.4 Å². The molecule has 18 heavy (non-hydrogen) atoms. The molecule has 0 amide bonds. The molecule has 96 valence electrons. The van der Waals surface area contributed by atoms with Crippen LogP contribution in [0.1, 0.15) is 30.1 Å². The van der Waals surface area contributed by atoms with Gasteiger partial charge in [0.15, 0.2) is 5.58 Å². The Labute approximate surface area is 106 Å². The van der Waals surface area contributed by atoms with Gasteiger partial charge in [-0.2, -0.15) is 0 Å². The highest BCUT2D eigenvalue weighted by Crippen LogP contribution is 2.33. The van der Waals surface area contributed by atoms with Gasteiger partial charge in [-0.1, -0.05) is 5.16 Å². The van der Waals surface area contributed by atoms with E-state index in [2.05, 4.69) is 22.1 Å². The van der Waals surface area contributed by atoms with Crippen molar-refractivity contribution in [2.24, 2.45) is 5.73 Å². The molecule has 2 aromatic rings. The van der Waals surface area contributed by atoms with Gasteiger partial charge in [0.2, 0.25) is 0 Å². The van der Waals surface area contributed by atoms with E-state index in [0.717, 1.165) is 41.6 Å². The summed E-state index contributed by atoms with van der Waals surface area (Å²) in [7, 11) is 2.12. The van der Waals surface area contributed by atoms with Crippen LogP contribution in [0.3, 0.4) is 0 Å². The Kier molecular flexibility index (Phi) is 2.80. The van der Waals surface area contributed by atoms with E-state index in [-0.39, 0.29) is 12.1 Å². The first-order valence-corrected chi connectivity index (χ1v) is 6.32. The van der Waals surface area contributed by atoms with E-state index in [0.29, 0.717) is 0 Å². The van der Waals surface area contributed by atoms with E-state index in [1.165, 1.54) is 0 Å². The van der Waals surface area contributed by atoms with E-state index < -0.39 is 0 Å². The van der Waals surface area contributed by atoms with Gasteiger partial charge in [0.1, 0.15) is 0 Å². The first-order valence-electron chi connectivity index (χ1n) is 6.32. The number of pyridine rings is 1. The third-order valence-corrected chi connectivity index (χ3v) is 3.86. The summed E-state index contributed by atoms with van der Waals surface area (Å²) >= 11 is 0. The summed E-state index contributed by atoms with van der Waals surface area (Å²) in [5, 5.41) is 5.03. The SMILES string of the molecule is Cc1noc2c(C3CC(N)CCN3C)cncc12. The van der Waals surface area contributed by atoms with E-state index in [1.807, 2.05) is 19.3 Å². The van der Waals surface area contributed by atoms with Crippen LogP contribution >= 0.6 is 0 Å². The molecule has 0 spiro atoms. The van der Waals surface area contributed by atoms with Gasteiger partial charge in [0, 0.05) is 30.0 Å². The standard InChI is InChI=1S/C13H18N4O/c1-8-10-6-15-7-11(13(10)18-16-8)12-5-9(14)3-4-17(12)2/h6-7,9,12H,3-5,14H2,1-2H3. The minimum atomic E-state index is 0.255. The topological polar surface area (TPSA) is 68.2 Å². The van der Waals surface area contributed by atoms with Gasteiger partial charge in [-0.15, -0.1) is 0 Å². The largest absolute Gasteiger partial charge is 0.356 e. The first-order chi connectivity index (χ1) is 8.66. The molecule has 0 saturated carbocycles. The summed E-state index contributed by atoms with van der Waals surface area (Å²) in [6, 6.07) is 0.530. The van der Waals surface area contributed by atoms with E-state index >= 15 is 0 Å². The monoisotopic (exact) mass is 246 g/mol. The molecule has 0 aromatic carbocycles. The second kappa shape index (κ2) is 4.33. The second-order valence-electron chi connectivity index (χ2n) is 5.15. The zero-order valence-corrected chi connectivity index (χ0v) is 10.8. The molecular formula is C13H18N4O. The van der Waals surface area contributed by atoms with Crippen LogP contribution in [0.2, 0.25) is 0 Å². The lowest BCUT2D eigenvalue weighted by Gasteiger charge is -2.35. The highest BCUT2D eigenvalue weighted by atomic mass is 16.5. The average molecular weight is 246 g/mol. The fourth-order valence-corrected chi connectivity index (χ4v) is 2.70. The zero-order chi connectivity index (χ0) is 12.7. The summed E-state index contributed by atoms with van der Waals surface area (Å²) in [6.45, 7) is 2.95. The van der Waals surface area contributed by atoms with Crippen LogP contribution in [0, 0.1) is 6.92 Å². The molecule has 2 atom stereocenters. The average Bonchev–Trinajstić information content (AvgIpc) is 2.75. The zero-order valence-electron chi connectivity index (χ0n) is 10.8. The Morgan fingerprint density at radius 2 is 2.28 bits per heavy atom. The number of hydrogen-bond donors (Lipinski definition) is 1. The van der Waals surface area contributed by atoms with Crippen molar-refractivity contribution in [1.82, 2.24) is 15.0 Å². The lowest BCUT2D eigenvalue weighted by atomic mass is 9.93. The number of aryl methyl sites for hydroxylation is 1. The molecule has 3 rings (SSSR count). The minimum absolute atomic E-state index is 0.255. The maximum atomic E-state index is 6.08. The lowest BCUT2D eigenvalue weighted by Crippen LogP contribution is -2.40. The number of likely N-dealkylation sites (tertiary alicyclic amines) is 1. The smallest absolute Gasteiger partial charge is 0.175 e. The maximum absolute atomic E-state index is 6.08. The number of hydrogen-bond acceptors (Lipinski definition) is 5. The van der Waals surface area contributed by atoms with Crippen molar-refractivity contribution in [3.63, 3.8) is 0 Å². The molecule has 0 bridgehead atoms. The van der Waals surface area contributed by atoms with Crippen LogP contribution in [-0.4, -0.2) is 34.7 Å². The molecule has 1 fully saturated rings. The Bertz CT molecular complexity index is 565. The summed E-state index contributed by atoms with van der Waals surface area (Å²) in [5.41, 5.74) is 8.93. The van der Waals surface area contributed by atoms with Gasteiger partial charge < -0.3 is 10.3 Å². The van der Waals surface area contributed by atoms with Crippen molar-refractivity contribution in [3.05, 3.63) is 23.7 Å². The van der Waals surface area contributed by atoms with E-state index in [9.17, 15) is 0 Å². The minimum Gasteiger partial charge on any atom is -0.356 e. The number of rotatable bonds is 1. The molecule has 2 aromatic heterocycles. The lowest BCUT2D eigenvalue weighted by molar-refractivity contribution is 0.171. The number of nitrogens with two attached hydrogens (primary N) is 1. The Balaban J connectivity index is 2.07. The van der Waals surface area contributed by atoms with Crippen molar-refractivity contribution in [2.75, 3.05) is 13.6 Å². The third-order valence-electron chi connectivity index (χ3n) is 3.86. The highest BCUT2D eigenvalue weighted by molar-refractivity contribution is 5.81. The van der Waals surface area contributed by atoms with Crippen molar-refractivity contribution in [1.29, 1.82) is 0 Å². The third kappa shape index (κ3) is 1.79. The summed E-state index contributed by atoms with van der Waals surface area (Å²) < 4.78 is 5.46.